The molecule has 2 aromatic rings. The monoisotopic (exact) mass is 454 g/mol. The van der Waals surface area contributed by atoms with Gasteiger partial charge in [-0.05, 0) is 42.3 Å². The molecule has 0 aliphatic carbocycles. The van der Waals surface area contributed by atoms with E-state index < -0.39 is 0 Å². The average molecular weight is 455 g/mol. The van der Waals surface area contributed by atoms with Crippen molar-refractivity contribution in [2.75, 3.05) is 49.5 Å². The van der Waals surface area contributed by atoms with Crippen LogP contribution in [0.15, 0.2) is 42.5 Å². The molecule has 2 aliphatic rings. The molecule has 4 rings (SSSR count). The molecule has 1 fully saturated rings. The average Bonchev–Trinajstić information content (AvgIpc) is 2.75. The number of para-hydroxylation sites is 1. The number of hydrogen-bond acceptors (Lipinski definition) is 4. The highest BCUT2D eigenvalue weighted by Crippen LogP contribution is 2.24. The van der Waals surface area contributed by atoms with Gasteiger partial charge in [-0.25, -0.2) is 4.39 Å². The molecule has 1 saturated heterocycles. The number of nitrogens with zero attached hydrogens (tertiary/aromatic N) is 2. The lowest BCUT2D eigenvalue weighted by atomic mass is 9.99. The maximum absolute atomic E-state index is 14.7. The molecule has 0 atom stereocenters. The van der Waals surface area contributed by atoms with Gasteiger partial charge in [-0.3, -0.25) is 9.69 Å². The number of benzene rings is 2. The second-order valence-electron chi connectivity index (χ2n) is 7.45. The van der Waals surface area contributed by atoms with E-state index in [9.17, 15) is 9.18 Å². The SMILES string of the molecule is Cl.Cl.O=C(CCN1CCN(c2ccccc2)CC1)Nc1ccc2c(c1F)CCNC2. The van der Waals surface area contributed by atoms with Gasteiger partial charge in [-0.2, -0.15) is 0 Å². The first-order valence-electron chi connectivity index (χ1n) is 10.0. The van der Waals surface area contributed by atoms with Crippen molar-refractivity contribution in [2.45, 2.75) is 19.4 Å². The Morgan fingerprint density at radius 1 is 1.03 bits per heavy atom. The van der Waals surface area contributed by atoms with E-state index >= 15 is 0 Å². The second-order valence-corrected chi connectivity index (χ2v) is 7.45. The first-order valence-corrected chi connectivity index (χ1v) is 10.0. The van der Waals surface area contributed by atoms with Crippen LogP contribution in [0.25, 0.3) is 0 Å². The van der Waals surface area contributed by atoms with Crippen LogP contribution >= 0.6 is 24.8 Å². The first-order chi connectivity index (χ1) is 13.7. The molecule has 0 aromatic heterocycles. The number of amides is 1. The summed E-state index contributed by atoms with van der Waals surface area (Å²) >= 11 is 0. The molecule has 30 heavy (non-hydrogen) atoms. The highest BCUT2D eigenvalue weighted by molar-refractivity contribution is 5.91. The van der Waals surface area contributed by atoms with Crippen LogP contribution in [0.4, 0.5) is 15.8 Å². The van der Waals surface area contributed by atoms with Crippen molar-refractivity contribution in [2.24, 2.45) is 0 Å². The van der Waals surface area contributed by atoms with E-state index in [1.165, 1.54) is 5.69 Å². The Balaban J connectivity index is 0.00000160. The lowest BCUT2D eigenvalue weighted by Gasteiger charge is -2.36. The summed E-state index contributed by atoms with van der Waals surface area (Å²) in [4.78, 5) is 17.0. The number of fused-ring (bicyclic) bond motifs is 1. The van der Waals surface area contributed by atoms with Crippen molar-refractivity contribution in [3.05, 3.63) is 59.4 Å². The minimum Gasteiger partial charge on any atom is -0.369 e. The number of nitrogens with one attached hydrogen (secondary N) is 2. The molecule has 5 nitrogen and oxygen atoms in total. The number of carbonyl (C=O) groups excluding carboxylic acids is 1. The smallest absolute Gasteiger partial charge is 0.225 e. The van der Waals surface area contributed by atoms with Crippen LogP contribution in [0, 0.1) is 5.82 Å². The molecular formula is C22H29Cl2FN4O. The normalized spacial score (nSPS) is 16.1. The minimum atomic E-state index is -0.274. The lowest BCUT2D eigenvalue weighted by molar-refractivity contribution is -0.116. The molecule has 2 heterocycles. The summed E-state index contributed by atoms with van der Waals surface area (Å²) in [6, 6.07) is 14.0. The summed E-state index contributed by atoms with van der Waals surface area (Å²) in [5.74, 6) is -0.401. The molecule has 0 unspecified atom stereocenters. The zero-order chi connectivity index (χ0) is 19.3. The van der Waals surface area contributed by atoms with E-state index in [1.54, 1.807) is 6.07 Å². The van der Waals surface area contributed by atoms with Gasteiger partial charge in [0.1, 0.15) is 5.82 Å². The van der Waals surface area contributed by atoms with Crippen molar-refractivity contribution >= 4 is 42.1 Å². The largest absolute Gasteiger partial charge is 0.369 e. The van der Waals surface area contributed by atoms with E-state index in [-0.39, 0.29) is 36.5 Å². The van der Waals surface area contributed by atoms with Gasteiger partial charge < -0.3 is 15.5 Å². The molecule has 8 heteroatoms. The van der Waals surface area contributed by atoms with Gasteiger partial charge in [0, 0.05) is 51.4 Å². The summed E-state index contributed by atoms with van der Waals surface area (Å²) in [6.07, 6.45) is 1.04. The minimum absolute atomic E-state index is 0. The van der Waals surface area contributed by atoms with Gasteiger partial charge in [0.25, 0.3) is 0 Å². The van der Waals surface area contributed by atoms with Crippen LogP contribution in [0.5, 0.6) is 0 Å². The van der Waals surface area contributed by atoms with E-state index in [0.29, 0.717) is 31.6 Å². The van der Waals surface area contributed by atoms with E-state index in [2.05, 4.69) is 44.7 Å². The number of rotatable bonds is 5. The van der Waals surface area contributed by atoms with Crippen molar-refractivity contribution in [1.82, 2.24) is 10.2 Å². The predicted octanol–water partition coefficient (Wildman–Crippen LogP) is 3.47. The molecule has 2 aromatic carbocycles. The fraction of sp³-hybridized carbons (Fsp3) is 0.409. The summed E-state index contributed by atoms with van der Waals surface area (Å²) in [7, 11) is 0. The Bertz CT molecular complexity index is 829. The van der Waals surface area contributed by atoms with Crippen LogP contribution in [-0.2, 0) is 17.8 Å². The van der Waals surface area contributed by atoms with Gasteiger partial charge in [0.05, 0.1) is 5.69 Å². The summed E-state index contributed by atoms with van der Waals surface area (Å²) in [6.45, 7) is 5.94. The molecule has 0 saturated carbocycles. The highest BCUT2D eigenvalue weighted by atomic mass is 35.5. The van der Waals surface area contributed by atoms with E-state index in [0.717, 1.165) is 43.9 Å². The van der Waals surface area contributed by atoms with Gasteiger partial charge >= 0.3 is 0 Å². The lowest BCUT2D eigenvalue weighted by Crippen LogP contribution is -2.47. The maximum Gasteiger partial charge on any atom is 0.225 e. The number of hydrogen-bond donors (Lipinski definition) is 2. The number of carbonyl (C=O) groups is 1. The van der Waals surface area contributed by atoms with E-state index in [4.69, 9.17) is 0 Å². The van der Waals surface area contributed by atoms with Crippen LogP contribution in [-0.4, -0.2) is 50.1 Å². The number of piperazine rings is 1. The zero-order valence-corrected chi connectivity index (χ0v) is 18.5. The van der Waals surface area contributed by atoms with Gasteiger partial charge in [0.2, 0.25) is 5.91 Å². The third-order valence-corrected chi connectivity index (χ3v) is 5.63. The molecule has 0 spiro atoms. The molecule has 164 valence electrons. The Labute approximate surface area is 189 Å². The summed E-state index contributed by atoms with van der Waals surface area (Å²) < 4.78 is 14.7. The molecule has 1 amide bonds. The molecule has 2 N–H and O–H groups in total. The Morgan fingerprint density at radius 2 is 1.77 bits per heavy atom. The fourth-order valence-corrected chi connectivity index (χ4v) is 3.97. The third-order valence-electron chi connectivity index (χ3n) is 5.63. The highest BCUT2D eigenvalue weighted by Gasteiger charge is 2.20. The second kappa shape index (κ2) is 11.5. The van der Waals surface area contributed by atoms with Gasteiger partial charge in [0.15, 0.2) is 0 Å². The standard InChI is InChI=1S/C22H27FN4O.2ClH/c23-22-19-8-10-24-16-17(19)6-7-20(22)25-21(28)9-11-26-12-14-27(15-13-26)18-4-2-1-3-5-18;;/h1-7,24H,8-16H2,(H,25,28);2*1H. The predicted molar refractivity (Wildman–Crippen MR) is 125 cm³/mol. The van der Waals surface area contributed by atoms with Crippen molar-refractivity contribution < 1.29 is 9.18 Å². The maximum atomic E-state index is 14.7. The van der Waals surface area contributed by atoms with Crippen molar-refractivity contribution in [3.63, 3.8) is 0 Å². The molecule has 0 bridgehead atoms. The van der Waals surface area contributed by atoms with Crippen LogP contribution in [0.2, 0.25) is 0 Å². The third kappa shape index (κ3) is 5.85. The summed E-state index contributed by atoms with van der Waals surface area (Å²) in [5, 5.41) is 6.00. The fourth-order valence-electron chi connectivity index (χ4n) is 3.97. The first kappa shape index (κ1) is 24.4. The van der Waals surface area contributed by atoms with Gasteiger partial charge in [-0.1, -0.05) is 24.3 Å². The topological polar surface area (TPSA) is 47.6 Å². The van der Waals surface area contributed by atoms with Gasteiger partial charge in [-0.15, -0.1) is 24.8 Å². The number of anilines is 2. The van der Waals surface area contributed by atoms with Crippen LogP contribution in [0.1, 0.15) is 17.5 Å². The molecule has 2 aliphatic heterocycles. The Hall–Kier alpha value is -1.86. The molecule has 0 radical (unpaired) electrons. The van der Waals surface area contributed by atoms with Crippen LogP contribution < -0.4 is 15.5 Å². The Morgan fingerprint density at radius 3 is 2.50 bits per heavy atom. The molecular weight excluding hydrogens is 426 g/mol. The van der Waals surface area contributed by atoms with E-state index in [1.807, 2.05) is 12.1 Å². The van der Waals surface area contributed by atoms with Crippen molar-refractivity contribution in [1.29, 1.82) is 0 Å². The quantitative estimate of drug-likeness (QED) is 0.725. The Kier molecular flexibility index (Phi) is 9.37. The zero-order valence-electron chi connectivity index (χ0n) is 16.9. The van der Waals surface area contributed by atoms with Crippen LogP contribution in [0.3, 0.4) is 0 Å². The van der Waals surface area contributed by atoms with Crippen molar-refractivity contribution in [3.8, 4) is 0 Å². The number of halogens is 3. The summed E-state index contributed by atoms with van der Waals surface area (Å²) in [5.41, 5.74) is 3.27.